The van der Waals surface area contributed by atoms with Gasteiger partial charge in [-0.15, -0.1) is 0 Å². The van der Waals surface area contributed by atoms with Crippen molar-refractivity contribution in [2.75, 3.05) is 6.54 Å². The highest BCUT2D eigenvalue weighted by molar-refractivity contribution is 5.95. The van der Waals surface area contributed by atoms with Crippen LogP contribution in [0.2, 0.25) is 0 Å². The quantitative estimate of drug-likeness (QED) is 0.551. The van der Waals surface area contributed by atoms with Crippen LogP contribution in [0, 0.1) is 0 Å². The number of aromatic nitrogens is 1. The lowest BCUT2D eigenvalue weighted by Crippen LogP contribution is -2.33. The maximum Gasteiger partial charge on any atom is 0.253 e. The van der Waals surface area contributed by atoms with Gasteiger partial charge in [-0.1, -0.05) is 0 Å². The van der Waals surface area contributed by atoms with Gasteiger partial charge >= 0.3 is 0 Å². The average molecular weight is 195 g/mol. The zero-order valence-electron chi connectivity index (χ0n) is 7.24. The zero-order valence-corrected chi connectivity index (χ0v) is 7.24. The predicted molar refractivity (Wildman–Crippen MR) is 48.6 cm³/mol. The van der Waals surface area contributed by atoms with E-state index in [4.69, 9.17) is 5.73 Å². The Kier molecular flexibility index (Phi) is 3.01. The number of carbonyl (C=O) groups is 2. The van der Waals surface area contributed by atoms with Gasteiger partial charge in [0.2, 0.25) is 11.5 Å². The Bertz CT molecular complexity index is 390. The lowest BCUT2D eigenvalue weighted by atomic mass is 10.3. The monoisotopic (exact) mass is 195 g/mol. The molecule has 74 valence electrons. The van der Waals surface area contributed by atoms with E-state index < -0.39 is 11.8 Å². The van der Waals surface area contributed by atoms with Crippen molar-refractivity contribution in [3.63, 3.8) is 0 Å². The van der Waals surface area contributed by atoms with Crippen molar-refractivity contribution >= 4 is 11.8 Å². The molecule has 2 amide bonds. The highest BCUT2D eigenvalue weighted by Gasteiger charge is 2.05. The lowest BCUT2D eigenvalue weighted by molar-refractivity contribution is -0.117. The van der Waals surface area contributed by atoms with Crippen LogP contribution in [0.15, 0.2) is 23.1 Å². The molecule has 0 radical (unpaired) electrons. The number of carbonyl (C=O) groups excluding carboxylic acids is 2. The average Bonchev–Trinajstić information content (AvgIpc) is 2.15. The maximum absolute atomic E-state index is 11.2. The van der Waals surface area contributed by atoms with Gasteiger partial charge in [-0.05, 0) is 6.07 Å². The summed E-state index contributed by atoms with van der Waals surface area (Å²) in [6.07, 6.45) is 1.26. The number of hydrogen-bond donors (Lipinski definition) is 3. The van der Waals surface area contributed by atoms with Crippen molar-refractivity contribution in [1.82, 2.24) is 10.3 Å². The summed E-state index contributed by atoms with van der Waals surface area (Å²) in [4.78, 5) is 34.5. The van der Waals surface area contributed by atoms with Crippen LogP contribution >= 0.6 is 0 Å². The van der Waals surface area contributed by atoms with Crippen molar-refractivity contribution in [2.24, 2.45) is 5.73 Å². The normalized spacial score (nSPS) is 9.43. The Hall–Kier alpha value is -2.11. The minimum atomic E-state index is -0.622. The molecule has 1 aromatic rings. The Balaban J connectivity index is 2.65. The second-order valence-electron chi connectivity index (χ2n) is 2.59. The van der Waals surface area contributed by atoms with Gasteiger partial charge in [0.05, 0.1) is 12.1 Å². The molecule has 1 aromatic heterocycles. The SMILES string of the molecule is NC(=O)CNC(=O)c1ccc(=O)[nH]c1. The summed E-state index contributed by atoms with van der Waals surface area (Å²) < 4.78 is 0. The molecule has 6 nitrogen and oxygen atoms in total. The number of rotatable bonds is 3. The van der Waals surface area contributed by atoms with E-state index in [1.165, 1.54) is 18.3 Å². The molecule has 0 fully saturated rings. The summed E-state index contributed by atoms with van der Waals surface area (Å²) >= 11 is 0. The number of pyridine rings is 1. The van der Waals surface area contributed by atoms with Crippen molar-refractivity contribution in [3.05, 3.63) is 34.2 Å². The molecule has 14 heavy (non-hydrogen) atoms. The van der Waals surface area contributed by atoms with E-state index in [2.05, 4.69) is 10.3 Å². The van der Waals surface area contributed by atoms with Gasteiger partial charge in [0, 0.05) is 12.3 Å². The van der Waals surface area contributed by atoms with Crippen LogP contribution < -0.4 is 16.6 Å². The zero-order chi connectivity index (χ0) is 10.6. The molecule has 1 heterocycles. The van der Waals surface area contributed by atoms with Crippen LogP contribution in [-0.2, 0) is 4.79 Å². The van der Waals surface area contributed by atoms with Gasteiger partial charge in [-0.3, -0.25) is 14.4 Å². The fourth-order valence-corrected chi connectivity index (χ4v) is 0.821. The molecule has 0 aromatic carbocycles. The number of H-pyrrole nitrogens is 1. The Labute approximate surface area is 79.1 Å². The predicted octanol–water partition coefficient (Wildman–Crippen LogP) is -1.41. The summed E-state index contributed by atoms with van der Waals surface area (Å²) in [5, 5.41) is 2.28. The van der Waals surface area contributed by atoms with Crippen LogP contribution in [0.25, 0.3) is 0 Å². The molecular weight excluding hydrogens is 186 g/mol. The third-order valence-electron chi connectivity index (χ3n) is 1.47. The third-order valence-corrected chi connectivity index (χ3v) is 1.47. The van der Waals surface area contributed by atoms with E-state index in [0.29, 0.717) is 0 Å². The Morgan fingerprint density at radius 2 is 2.14 bits per heavy atom. The van der Waals surface area contributed by atoms with Crippen LogP contribution in [0.4, 0.5) is 0 Å². The smallest absolute Gasteiger partial charge is 0.253 e. The molecule has 0 bridgehead atoms. The second kappa shape index (κ2) is 4.22. The number of nitrogens with one attached hydrogen (secondary N) is 2. The summed E-state index contributed by atoms with van der Waals surface area (Å²) in [5.41, 5.74) is 4.81. The molecule has 0 aliphatic heterocycles. The standard InChI is InChI=1S/C8H9N3O3/c9-6(12)4-11-8(14)5-1-2-7(13)10-3-5/h1-3H,4H2,(H2,9,12)(H,10,13)(H,11,14). The van der Waals surface area contributed by atoms with Crippen molar-refractivity contribution in [2.45, 2.75) is 0 Å². The number of aromatic amines is 1. The highest BCUT2D eigenvalue weighted by Crippen LogP contribution is 1.91. The number of amides is 2. The molecule has 1 rings (SSSR count). The molecular formula is C8H9N3O3. The molecule has 0 atom stereocenters. The molecule has 0 saturated heterocycles. The van der Waals surface area contributed by atoms with Gasteiger partial charge in [0.15, 0.2) is 0 Å². The number of primary amides is 1. The van der Waals surface area contributed by atoms with Crippen LogP contribution in [0.5, 0.6) is 0 Å². The molecule has 4 N–H and O–H groups in total. The number of nitrogens with two attached hydrogens (primary N) is 1. The summed E-state index contributed by atoms with van der Waals surface area (Å²) in [7, 11) is 0. The fourth-order valence-electron chi connectivity index (χ4n) is 0.821. The molecule has 0 aliphatic rings. The van der Waals surface area contributed by atoms with E-state index in [1.54, 1.807) is 0 Å². The Morgan fingerprint density at radius 3 is 2.64 bits per heavy atom. The van der Waals surface area contributed by atoms with E-state index in [0.717, 1.165) is 0 Å². The fraction of sp³-hybridized carbons (Fsp3) is 0.125. The lowest BCUT2D eigenvalue weighted by Gasteiger charge is -2.01. The van der Waals surface area contributed by atoms with Crippen molar-refractivity contribution in [1.29, 1.82) is 0 Å². The van der Waals surface area contributed by atoms with E-state index >= 15 is 0 Å². The third kappa shape index (κ3) is 2.74. The molecule has 0 spiro atoms. The minimum Gasteiger partial charge on any atom is -0.368 e. The van der Waals surface area contributed by atoms with Crippen LogP contribution in [0.1, 0.15) is 10.4 Å². The summed E-state index contributed by atoms with van der Waals surface area (Å²) in [5.74, 6) is -1.08. The second-order valence-corrected chi connectivity index (χ2v) is 2.59. The maximum atomic E-state index is 11.2. The molecule has 6 heteroatoms. The molecule has 0 aliphatic carbocycles. The van der Waals surface area contributed by atoms with Crippen molar-refractivity contribution < 1.29 is 9.59 Å². The first-order valence-electron chi connectivity index (χ1n) is 3.85. The van der Waals surface area contributed by atoms with Gasteiger partial charge in [0.25, 0.3) is 5.91 Å². The van der Waals surface area contributed by atoms with Crippen LogP contribution in [0.3, 0.4) is 0 Å². The molecule has 0 saturated carbocycles. The summed E-state index contributed by atoms with van der Waals surface area (Å²) in [6, 6.07) is 2.58. The largest absolute Gasteiger partial charge is 0.368 e. The van der Waals surface area contributed by atoms with Gasteiger partial charge < -0.3 is 16.0 Å². The molecule has 0 unspecified atom stereocenters. The first-order valence-corrected chi connectivity index (χ1v) is 3.85. The minimum absolute atomic E-state index is 0.224. The van der Waals surface area contributed by atoms with E-state index in [1.807, 2.05) is 0 Å². The number of hydrogen-bond acceptors (Lipinski definition) is 3. The first kappa shape index (κ1) is 9.97. The van der Waals surface area contributed by atoms with Crippen molar-refractivity contribution in [3.8, 4) is 0 Å². The van der Waals surface area contributed by atoms with Gasteiger partial charge in [0.1, 0.15) is 0 Å². The Morgan fingerprint density at radius 1 is 1.43 bits per heavy atom. The van der Waals surface area contributed by atoms with Crippen LogP contribution in [-0.4, -0.2) is 23.3 Å². The van der Waals surface area contributed by atoms with E-state index in [9.17, 15) is 14.4 Å². The summed E-state index contributed by atoms with van der Waals surface area (Å²) in [6.45, 7) is -0.224. The van der Waals surface area contributed by atoms with Gasteiger partial charge in [-0.25, -0.2) is 0 Å². The first-order chi connectivity index (χ1) is 6.59. The topological polar surface area (TPSA) is 105 Å². The van der Waals surface area contributed by atoms with E-state index in [-0.39, 0.29) is 17.7 Å². The highest BCUT2D eigenvalue weighted by atomic mass is 16.2. The van der Waals surface area contributed by atoms with Gasteiger partial charge in [-0.2, -0.15) is 0 Å².